The topological polar surface area (TPSA) is 193 Å². The number of amides is 4. The number of methoxy groups -OCH3 is 1. The molecule has 4 heterocycles. The van der Waals surface area contributed by atoms with Crippen molar-refractivity contribution >= 4 is 58.7 Å². The third-order valence-electron chi connectivity index (χ3n) is 5.77. The van der Waals surface area contributed by atoms with Gasteiger partial charge in [0.25, 0.3) is 17.5 Å². The number of aromatic amines is 1. The molecule has 6 N–H and O–H groups in total. The van der Waals surface area contributed by atoms with Gasteiger partial charge in [-0.15, -0.1) is 28.2 Å². The molecule has 2 aromatic heterocycles. The molecule has 3 atom stereocenters. The number of carbonyl (C=O) groups excluding carboxylic acids is 3. The molecule has 0 aromatic carbocycles. The number of carbonyl (C=O) groups is 4. The Bertz CT molecular complexity index is 1230. The van der Waals surface area contributed by atoms with Crippen molar-refractivity contribution in [3.63, 3.8) is 0 Å². The number of urea groups is 1. The van der Waals surface area contributed by atoms with Gasteiger partial charge in [-0.25, -0.2) is 9.59 Å². The van der Waals surface area contributed by atoms with Gasteiger partial charge < -0.3 is 26.2 Å². The first kappa shape index (κ1) is 27.0. The molecule has 0 spiro atoms. The average Bonchev–Trinajstić information content (AvgIpc) is 3.56. The number of carboxylic acids is 1. The maximum Gasteiger partial charge on any atom is 0.352 e. The number of β-lactam (4-membered cyclic amide) rings is 1. The van der Waals surface area contributed by atoms with Crippen LogP contribution in [0.25, 0.3) is 0 Å². The van der Waals surface area contributed by atoms with E-state index >= 15 is 0 Å². The average molecular weight is 568 g/mol. The highest BCUT2D eigenvalue weighted by Gasteiger charge is 2.67. The number of H-pyrrole nitrogens is 1. The van der Waals surface area contributed by atoms with Crippen LogP contribution < -0.4 is 16.4 Å². The molecule has 13 nitrogen and oxygen atoms in total. The number of hydrogen-bond donors (Lipinski definition) is 5. The summed E-state index contributed by atoms with van der Waals surface area (Å²) in [5.41, 5.74) is 4.64. The normalized spacial score (nSPS) is 21.7. The van der Waals surface area contributed by atoms with Gasteiger partial charge in [0.05, 0.1) is 5.69 Å². The molecule has 16 heteroatoms. The Morgan fingerprint density at radius 1 is 1.43 bits per heavy atom. The second kappa shape index (κ2) is 11.1. The lowest BCUT2D eigenvalue weighted by atomic mass is 9.97. The van der Waals surface area contributed by atoms with E-state index in [9.17, 15) is 24.3 Å². The molecule has 1 fully saturated rings. The van der Waals surface area contributed by atoms with Gasteiger partial charge in [0.1, 0.15) is 22.1 Å². The van der Waals surface area contributed by atoms with Crippen molar-refractivity contribution < 1.29 is 29.0 Å². The Kier molecular flexibility index (Phi) is 8.11. The van der Waals surface area contributed by atoms with Crippen LogP contribution >= 0.6 is 34.9 Å². The van der Waals surface area contributed by atoms with Crippen LogP contribution in [0.15, 0.2) is 33.8 Å². The number of nitrogens with two attached hydrogens (primary N) is 1. The van der Waals surface area contributed by atoms with E-state index in [-0.39, 0.29) is 5.70 Å². The van der Waals surface area contributed by atoms with E-state index in [0.29, 0.717) is 27.0 Å². The fourth-order valence-electron chi connectivity index (χ4n) is 4.09. The van der Waals surface area contributed by atoms with Gasteiger partial charge in [-0.05, 0) is 23.4 Å². The van der Waals surface area contributed by atoms with E-state index in [1.54, 1.807) is 17.5 Å². The lowest BCUT2D eigenvalue weighted by Gasteiger charge is -2.56. The Morgan fingerprint density at radius 2 is 2.22 bits per heavy atom. The minimum absolute atomic E-state index is 0.145. The molecule has 0 radical (unpaired) electrons. The fourth-order valence-corrected chi connectivity index (χ4v) is 7.40. The molecule has 2 aromatic rings. The number of carboxylic acid groups (broad SMARTS) is 1. The van der Waals surface area contributed by atoms with E-state index in [1.165, 1.54) is 42.0 Å². The van der Waals surface area contributed by atoms with Crippen LogP contribution in [0.1, 0.15) is 30.0 Å². The van der Waals surface area contributed by atoms with Gasteiger partial charge in [0.2, 0.25) is 0 Å². The van der Waals surface area contributed by atoms with E-state index in [1.807, 2.05) is 6.92 Å². The molecule has 4 amide bonds. The van der Waals surface area contributed by atoms with Gasteiger partial charge >= 0.3 is 12.0 Å². The zero-order valence-corrected chi connectivity index (χ0v) is 22.3. The highest BCUT2D eigenvalue weighted by molar-refractivity contribution is 8.01. The zero-order valence-electron chi connectivity index (χ0n) is 19.8. The molecule has 1 saturated heterocycles. The van der Waals surface area contributed by atoms with Crippen LogP contribution in [-0.4, -0.2) is 78.9 Å². The third-order valence-corrected chi connectivity index (χ3v) is 9.18. The van der Waals surface area contributed by atoms with E-state index in [2.05, 4.69) is 26.0 Å². The number of aromatic nitrogens is 3. The Morgan fingerprint density at radius 3 is 2.84 bits per heavy atom. The molecule has 4 rings (SSSR count). The van der Waals surface area contributed by atoms with Crippen molar-refractivity contribution in [3.8, 4) is 0 Å². The number of thioether (sulfide) groups is 2. The third kappa shape index (κ3) is 5.05. The highest BCUT2D eigenvalue weighted by atomic mass is 32.2. The number of fused-ring (bicyclic) bond motifs is 1. The second-order valence-corrected chi connectivity index (χ2v) is 11.1. The van der Waals surface area contributed by atoms with Crippen LogP contribution in [-0.2, 0) is 25.5 Å². The number of nitrogens with zero attached hydrogens (tertiary/aromatic N) is 3. The van der Waals surface area contributed by atoms with Crippen LogP contribution in [0.3, 0.4) is 0 Å². The molecule has 37 heavy (non-hydrogen) atoms. The van der Waals surface area contributed by atoms with E-state index in [0.717, 1.165) is 23.4 Å². The summed E-state index contributed by atoms with van der Waals surface area (Å²) < 4.78 is 5.50. The minimum Gasteiger partial charge on any atom is -0.477 e. The first-order valence-corrected chi connectivity index (χ1v) is 14.0. The van der Waals surface area contributed by atoms with Crippen LogP contribution in [0.5, 0.6) is 0 Å². The van der Waals surface area contributed by atoms with Crippen molar-refractivity contribution in [2.75, 3.05) is 18.6 Å². The summed E-state index contributed by atoms with van der Waals surface area (Å²) in [6, 6.07) is 1.28. The molecule has 2 aliphatic rings. The van der Waals surface area contributed by atoms with Gasteiger partial charge in [0.15, 0.2) is 0 Å². The smallest absolute Gasteiger partial charge is 0.352 e. The number of primary amides is 1. The molecule has 2 unspecified atom stereocenters. The fraction of sp³-hybridized carbons (Fsp3) is 0.429. The number of aryl methyl sites for hydroxylation is 1. The lowest BCUT2D eigenvalue weighted by molar-refractivity contribution is -0.192. The standard InChI is InChI=1S/C21H25N7O6S3/c1-3-5-11-16(26-27-25-11)36-8-10-9-37-19-21(34-2,18(32)28(19)14(10)17(30)31)24-15(29)13(23-20(22)33)12-6-4-7-35-12/h4,6-7,13,19H,3,5,8-9H2,1-2H3,(H,24,29)(H,30,31)(H3,22,23,33)(H,25,26,27)/t13?,19?,21-/m1/s1. The van der Waals surface area contributed by atoms with Gasteiger partial charge in [-0.3, -0.25) is 14.5 Å². The van der Waals surface area contributed by atoms with Crippen molar-refractivity contribution in [3.05, 3.63) is 39.4 Å². The second-order valence-electron chi connectivity index (χ2n) is 8.10. The monoisotopic (exact) mass is 567 g/mol. The number of nitrogens with one attached hydrogen (secondary N) is 3. The zero-order chi connectivity index (χ0) is 26.7. The van der Waals surface area contributed by atoms with E-state index < -0.39 is 41.0 Å². The Hall–Kier alpha value is -3.08. The van der Waals surface area contributed by atoms with Crippen LogP contribution in [0.4, 0.5) is 4.79 Å². The summed E-state index contributed by atoms with van der Waals surface area (Å²) in [5, 5.41) is 27.4. The van der Waals surface area contributed by atoms with Gasteiger partial charge in [-0.2, -0.15) is 10.3 Å². The first-order valence-electron chi connectivity index (χ1n) is 11.1. The summed E-state index contributed by atoms with van der Waals surface area (Å²) in [6.45, 7) is 2.02. The predicted molar refractivity (Wildman–Crippen MR) is 137 cm³/mol. The quantitative estimate of drug-likeness (QED) is 0.149. The molecular formula is C21H25N7O6S3. The molecular weight excluding hydrogens is 542 g/mol. The Labute approximate surface area is 223 Å². The number of ether oxygens (including phenoxy) is 1. The van der Waals surface area contributed by atoms with Crippen LogP contribution in [0.2, 0.25) is 0 Å². The summed E-state index contributed by atoms with van der Waals surface area (Å²) in [4.78, 5) is 52.0. The molecule has 2 aliphatic heterocycles. The maximum atomic E-state index is 13.4. The highest BCUT2D eigenvalue weighted by Crippen LogP contribution is 2.47. The predicted octanol–water partition coefficient (Wildman–Crippen LogP) is 1.03. The summed E-state index contributed by atoms with van der Waals surface area (Å²) in [6.07, 6.45) is 1.62. The Balaban J connectivity index is 1.55. The van der Waals surface area contributed by atoms with Crippen molar-refractivity contribution in [1.82, 2.24) is 30.9 Å². The number of hydrogen-bond acceptors (Lipinski definition) is 10. The van der Waals surface area contributed by atoms with Crippen molar-refractivity contribution in [2.45, 2.75) is 41.9 Å². The molecule has 0 bridgehead atoms. The van der Waals surface area contributed by atoms with Crippen molar-refractivity contribution in [2.24, 2.45) is 5.73 Å². The lowest BCUT2D eigenvalue weighted by Crippen LogP contribution is -2.81. The minimum atomic E-state index is -1.81. The number of rotatable bonds is 11. The van der Waals surface area contributed by atoms with Crippen molar-refractivity contribution in [1.29, 1.82) is 0 Å². The number of aliphatic carboxylic acids is 1. The first-order chi connectivity index (χ1) is 17.7. The van der Waals surface area contributed by atoms with Gasteiger partial charge in [-0.1, -0.05) is 31.2 Å². The van der Waals surface area contributed by atoms with Crippen LogP contribution in [0, 0.1) is 0 Å². The van der Waals surface area contributed by atoms with E-state index in [4.69, 9.17) is 10.5 Å². The maximum absolute atomic E-state index is 13.4. The molecule has 0 aliphatic carbocycles. The SMILES string of the molecule is CCCc1n[nH]nc1SCC1=C(C(=O)O)N2C(=O)[C@@](NC(=O)C(NC(N)=O)c3cccs3)(OC)C2SC1. The van der Waals surface area contributed by atoms with Gasteiger partial charge in [0, 0.05) is 23.5 Å². The molecule has 198 valence electrons. The largest absolute Gasteiger partial charge is 0.477 e. The summed E-state index contributed by atoms with van der Waals surface area (Å²) in [7, 11) is 1.26. The summed E-state index contributed by atoms with van der Waals surface area (Å²) >= 11 is 3.84. The summed E-state index contributed by atoms with van der Waals surface area (Å²) in [5.74, 6) is -2.11. The molecule has 0 saturated carbocycles. The number of thiophene rings is 1.